The second-order valence-electron chi connectivity index (χ2n) is 2.83. The molecule has 0 fully saturated rings. The molecule has 0 saturated carbocycles. The molecule has 0 aliphatic heterocycles. The highest BCUT2D eigenvalue weighted by Gasteiger charge is 2.11. The quantitative estimate of drug-likeness (QED) is 0.699. The van der Waals surface area contributed by atoms with Crippen molar-refractivity contribution >= 4 is 0 Å². The average Bonchev–Trinajstić information content (AvgIpc) is 2.31. The first-order chi connectivity index (χ1) is 5.15. The Morgan fingerprint density at radius 3 is 2.55 bits per heavy atom. The van der Waals surface area contributed by atoms with Crippen molar-refractivity contribution in [3.8, 4) is 0 Å². The van der Waals surface area contributed by atoms with Gasteiger partial charge in [0.2, 0.25) is 0 Å². The summed E-state index contributed by atoms with van der Waals surface area (Å²) in [4.78, 5) is 4.23. The summed E-state index contributed by atoms with van der Waals surface area (Å²) in [5.74, 6) is 1.87. The predicted octanol–water partition coefficient (Wildman–Crippen LogP) is 1.35. The molecule has 0 amide bonds. The molecule has 0 saturated heterocycles. The first-order valence-corrected chi connectivity index (χ1v) is 3.79. The Bertz CT molecular complexity index is 223. The summed E-state index contributed by atoms with van der Waals surface area (Å²) < 4.78 is 5.38. The molecule has 0 spiro atoms. The van der Waals surface area contributed by atoms with Crippen molar-refractivity contribution in [3.63, 3.8) is 0 Å². The fourth-order valence-corrected chi connectivity index (χ4v) is 0.809. The molecule has 1 unspecified atom stereocenters. The second-order valence-corrected chi connectivity index (χ2v) is 2.83. The standard InChI is InChI=1S/C8H14N2O/c1-5(4-9)8-10-6(2)7(3)11-8/h5H,4,9H2,1-3H3. The maximum atomic E-state index is 5.46. The maximum Gasteiger partial charge on any atom is 0.198 e. The summed E-state index contributed by atoms with van der Waals surface area (Å²) >= 11 is 0. The van der Waals surface area contributed by atoms with Gasteiger partial charge in [0.15, 0.2) is 5.89 Å². The van der Waals surface area contributed by atoms with E-state index in [9.17, 15) is 0 Å². The molecule has 1 rings (SSSR count). The van der Waals surface area contributed by atoms with Gasteiger partial charge in [-0.05, 0) is 13.8 Å². The summed E-state index contributed by atoms with van der Waals surface area (Å²) in [6, 6.07) is 0. The van der Waals surface area contributed by atoms with Crippen LogP contribution in [0.3, 0.4) is 0 Å². The van der Waals surface area contributed by atoms with Crippen molar-refractivity contribution in [2.45, 2.75) is 26.7 Å². The van der Waals surface area contributed by atoms with Crippen LogP contribution in [0.5, 0.6) is 0 Å². The summed E-state index contributed by atoms with van der Waals surface area (Å²) in [6.07, 6.45) is 0. The third-order valence-electron chi connectivity index (χ3n) is 1.82. The van der Waals surface area contributed by atoms with Gasteiger partial charge in [-0.3, -0.25) is 0 Å². The van der Waals surface area contributed by atoms with Crippen LogP contribution in [0.2, 0.25) is 0 Å². The van der Waals surface area contributed by atoms with Gasteiger partial charge in [0, 0.05) is 12.5 Å². The molecule has 0 aromatic carbocycles. The Balaban J connectivity index is 2.88. The molecule has 62 valence electrons. The predicted molar refractivity (Wildman–Crippen MR) is 43.4 cm³/mol. The van der Waals surface area contributed by atoms with Gasteiger partial charge in [0.1, 0.15) is 5.76 Å². The lowest BCUT2D eigenvalue weighted by Gasteiger charge is -2.00. The third kappa shape index (κ3) is 1.60. The number of aromatic nitrogens is 1. The minimum absolute atomic E-state index is 0.224. The molecule has 1 heterocycles. The normalized spacial score (nSPS) is 13.5. The van der Waals surface area contributed by atoms with E-state index in [0.29, 0.717) is 6.54 Å². The lowest BCUT2D eigenvalue weighted by molar-refractivity contribution is 0.442. The molecule has 0 bridgehead atoms. The Labute approximate surface area is 66.6 Å². The molecular weight excluding hydrogens is 140 g/mol. The van der Waals surface area contributed by atoms with Gasteiger partial charge in [0.25, 0.3) is 0 Å². The average molecular weight is 154 g/mol. The van der Waals surface area contributed by atoms with Crippen LogP contribution in [0.15, 0.2) is 4.42 Å². The van der Waals surface area contributed by atoms with E-state index >= 15 is 0 Å². The lowest BCUT2D eigenvalue weighted by atomic mass is 10.2. The van der Waals surface area contributed by atoms with E-state index < -0.39 is 0 Å². The number of rotatable bonds is 2. The number of oxazole rings is 1. The van der Waals surface area contributed by atoms with Crippen molar-refractivity contribution in [2.75, 3.05) is 6.54 Å². The zero-order chi connectivity index (χ0) is 8.43. The van der Waals surface area contributed by atoms with E-state index in [1.54, 1.807) is 0 Å². The van der Waals surface area contributed by atoms with Crippen LogP contribution in [0.1, 0.15) is 30.2 Å². The smallest absolute Gasteiger partial charge is 0.198 e. The fraction of sp³-hybridized carbons (Fsp3) is 0.625. The molecule has 0 radical (unpaired) electrons. The molecule has 0 aliphatic rings. The monoisotopic (exact) mass is 154 g/mol. The Morgan fingerprint density at radius 2 is 2.18 bits per heavy atom. The van der Waals surface area contributed by atoms with Gasteiger partial charge < -0.3 is 10.2 Å². The minimum atomic E-state index is 0.224. The van der Waals surface area contributed by atoms with E-state index in [1.165, 1.54) is 0 Å². The number of nitrogens with two attached hydrogens (primary N) is 1. The molecule has 1 aromatic rings. The van der Waals surface area contributed by atoms with Crippen molar-refractivity contribution in [1.82, 2.24) is 4.98 Å². The fourth-order valence-electron chi connectivity index (χ4n) is 0.809. The van der Waals surface area contributed by atoms with Gasteiger partial charge in [-0.2, -0.15) is 0 Å². The first-order valence-electron chi connectivity index (χ1n) is 3.79. The van der Waals surface area contributed by atoms with E-state index in [4.69, 9.17) is 10.2 Å². The SMILES string of the molecule is Cc1nc(C(C)CN)oc1C. The molecule has 0 aliphatic carbocycles. The van der Waals surface area contributed by atoms with Crippen LogP contribution in [-0.4, -0.2) is 11.5 Å². The number of aryl methyl sites for hydroxylation is 2. The second kappa shape index (κ2) is 3.05. The summed E-state index contributed by atoms with van der Waals surface area (Å²) in [6.45, 7) is 6.44. The molecule has 2 N–H and O–H groups in total. The zero-order valence-corrected chi connectivity index (χ0v) is 7.22. The highest BCUT2D eigenvalue weighted by atomic mass is 16.4. The summed E-state index contributed by atoms with van der Waals surface area (Å²) in [7, 11) is 0. The van der Waals surface area contributed by atoms with Crippen molar-refractivity contribution in [3.05, 3.63) is 17.3 Å². The van der Waals surface area contributed by atoms with Crippen LogP contribution in [0.25, 0.3) is 0 Å². The number of nitrogens with zero attached hydrogens (tertiary/aromatic N) is 1. The molecular formula is C8H14N2O. The molecule has 11 heavy (non-hydrogen) atoms. The van der Waals surface area contributed by atoms with E-state index in [0.717, 1.165) is 17.3 Å². The van der Waals surface area contributed by atoms with Crippen LogP contribution < -0.4 is 5.73 Å². The van der Waals surface area contributed by atoms with Gasteiger partial charge in [-0.15, -0.1) is 0 Å². The summed E-state index contributed by atoms with van der Waals surface area (Å²) in [5.41, 5.74) is 6.42. The zero-order valence-electron chi connectivity index (χ0n) is 7.22. The highest BCUT2D eigenvalue weighted by Crippen LogP contribution is 2.16. The largest absolute Gasteiger partial charge is 0.445 e. The van der Waals surface area contributed by atoms with E-state index in [-0.39, 0.29) is 5.92 Å². The molecule has 3 heteroatoms. The van der Waals surface area contributed by atoms with Crippen molar-refractivity contribution in [2.24, 2.45) is 5.73 Å². The third-order valence-corrected chi connectivity index (χ3v) is 1.82. The van der Waals surface area contributed by atoms with Gasteiger partial charge in [-0.1, -0.05) is 6.92 Å². The summed E-state index contributed by atoms with van der Waals surface area (Å²) in [5, 5.41) is 0. The Hall–Kier alpha value is -0.830. The lowest BCUT2D eigenvalue weighted by Crippen LogP contribution is -2.08. The number of hydrogen-bond donors (Lipinski definition) is 1. The molecule has 3 nitrogen and oxygen atoms in total. The minimum Gasteiger partial charge on any atom is -0.445 e. The molecule has 1 atom stereocenters. The van der Waals surface area contributed by atoms with Gasteiger partial charge in [-0.25, -0.2) is 4.98 Å². The van der Waals surface area contributed by atoms with Crippen molar-refractivity contribution in [1.29, 1.82) is 0 Å². The van der Waals surface area contributed by atoms with Gasteiger partial charge >= 0.3 is 0 Å². The first kappa shape index (κ1) is 8.27. The Morgan fingerprint density at radius 1 is 1.55 bits per heavy atom. The topological polar surface area (TPSA) is 52.0 Å². The van der Waals surface area contributed by atoms with Crippen LogP contribution in [-0.2, 0) is 0 Å². The van der Waals surface area contributed by atoms with Crippen LogP contribution >= 0.6 is 0 Å². The highest BCUT2D eigenvalue weighted by molar-refractivity contribution is 5.07. The molecule has 1 aromatic heterocycles. The van der Waals surface area contributed by atoms with Crippen molar-refractivity contribution < 1.29 is 4.42 Å². The van der Waals surface area contributed by atoms with Crippen LogP contribution in [0, 0.1) is 13.8 Å². The Kier molecular flexibility index (Phi) is 2.29. The van der Waals surface area contributed by atoms with Crippen LogP contribution in [0.4, 0.5) is 0 Å². The number of hydrogen-bond acceptors (Lipinski definition) is 3. The van der Waals surface area contributed by atoms with E-state index in [1.807, 2.05) is 20.8 Å². The maximum absolute atomic E-state index is 5.46. The van der Waals surface area contributed by atoms with E-state index in [2.05, 4.69) is 4.98 Å². The van der Waals surface area contributed by atoms with Gasteiger partial charge in [0.05, 0.1) is 5.69 Å².